The van der Waals surface area contributed by atoms with Crippen LogP contribution in [0.4, 0.5) is 0 Å². The monoisotopic (exact) mass is 254 g/mol. The summed E-state index contributed by atoms with van der Waals surface area (Å²) in [5, 5.41) is 18.7. The molecule has 1 aromatic carbocycles. The van der Waals surface area contributed by atoms with E-state index in [1.165, 1.54) is 19.2 Å². The van der Waals surface area contributed by atoms with Gasteiger partial charge in [0.25, 0.3) is 0 Å². The summed E-state index contributed by atoms with van der Waals surface area (Å²) in [5.74, 6) is -0.369. The smallest absolute Gasteiger partial charge is 0.339 e. The third-order valence-electron chi connectivity index (χ3n) is 2.60. The number of methoxy groups -OCH3 is 1. The minimum absolute atomic E-state index is 0.0188. The Morgan fingerprint density at radius 1 is 1.39 bits per heavy atom. The number of hydrogen-bond acceptors (Lipinski definition) is 4. The molecule has 5 nitrogen and oxygen atoms in total. The fraction of sp³-hybridized carbons (Fsp3) is 0.462. The van der Waals surface area contributed by atoms with Crippen molar-refractivity contribution in [2.75, 3.05) is 13.7 Å². The Hall–Kier alpha value is -1.75. The van der Waals surface area contributed by atoms with E-state index >= 15 is 0 Å². The van der Waals surface area contributed by atoms with Gasteiger partial charge in [-0.15, -0.1) is 0 Å². The molecule has 0 heterocycles. The molecule has 2 N–H and O–H groups in total. The van der Waals surface area contributed by atoms with Crippen molar-refractivity contribution in [2.24, 2.45) is 5.92 Å². The van der Waals surface area contributed by atoms with Crippen molar-refractivity contribution in [3.63, 3.8) is 0 Å². The molecule has 0 aliphatic heterocycles. The minimum Gasteiger partial charge on any atom is -0.497 e. The standard InChI is InChI=1S/C13H18O5/c1-8(2)11(14)7-18-12-5-4-9(17-3)6-10(12)13(15)16/h4-6,8,11,14H,7H2,1-3H3,(H,15,16). The third kappa shape index (κ3) is 3.63. The van der Waals surface area contributed by atoms with E-state index in [4.69, 9.17) is 14.6 Å². The number of carboxylic acid groups (broad SMARTS) is 1. The number of carbonyl (C=O) groups is 1. The van der Waals surface area contributed by atoms with Crippen LogP contribution in [-0.4, -0.2) is 36.0 Å². The Morgan fingerprint density at radius 2 is 2.06 bits per heavy atom. The molecule has 0 fully saturated rings. The lowest BCUT2D eigenvalue weighted by Crippen LogP contribution is -2.23. The lowest BCUT2D eigenvalue weighted by Gasteiger charge is -2.16. The molecule has 0 aromatic heterocycles. The number of aliphatic hydroxyl groups excluding tert-OH is 1. The van der Waals surface area contributed by atoms with Crippen LogP contribution in [-0.2, 0) is 0 Å². The lowest BCUT2D eigenvalue weighted by atomic mass is 10.1. The summed E-state index contributed by atoms with van der Waals surface area (Å²) < 4.78 is 10.3. The number of aliphatic hydroxyl groups is 1. The lowest BCUT2D eigenvalue weighted by molar-refractivity contribution is 0.0635. The Bertz CT molecular complexity index is 414. The maximum absolute atomic E-state index is 11.1. The topological polar surface area (TPSA) is 76.0 Å². The average molecular weight is 254 g/mol. The van der Waals surface area contributed by atoms with E-state index in [0.29, 0.717) is 5.75 Å². The van der Waals surface area contributed by atoms with Crippen LogP contribution in [0.2, 0.25) is 0 Å². The van der Waals surface area contributed by atoms with Crippen molar-refractivity contribution in [3.05, 3.63) is 23.8 Å². The summed E-state index contributed by atoms with van der Waals surface area (Å²) in [6, 6.07) is 4.53. The average Bonchev–Trinajstić information content (AvgIpc) is 2.35. The second-order valence-corrected chi connectivity index (χ2v) is 4.29. The highest BCUT2D eigenvalue weighted by Gasteiger charge is 2.15. The van der Waals surface area contributed by atoms with Gasteiger partial charge in [0.2, 0.25) is 0 Å². The van der Waals surface area contributed by atoms with Crippen LogP contribution >= 0.6 is 0 Å². The molecule has 1 rings (SSSR count). The number of rotatable bonds is 6. The van der Waals surface area contributed by atoms with Gasteiger partial charge in [-0.1, -0.05) is 13.8 Å². The van der Waals surface area contributed by atoms with E-state index in [1.807, 2.05) is 13.8 Å². The molecule has 0 bridgehead atoms. The highest BCUT2D eigenvalue weighted by molar-refractivity contribution is 5.91. The van der Waals surface area contributed by atoms with Gasteiger partial charge in [0.1, 0.15) is 23.7 Å². The second kappa shape index (κ2) is 6.26. The van der Waals surface area contributed by atoms with Crippen molar-refractivity contribution in [3.8, 4) is 11.5 Å². The molecule has 0 spiro atoms. The first-order valence-corrected chi connectivity index (χ1v) is 5.68. The van der Waals surface area contributed by atoms with Crippen LogP contribution in [0.15, 0.2) is 18.2 Å². The van der Waals surface area contributed by atoms with Crippen LogP contribution in [0.25, 0.3) is 0 Å². The molecular weight excluding hydrogens is 236 g/mol. The molecule has 0 amide bonds. The number of ether oxygens (including phenoxy) is 2. The van der Waals surface area contributed by atoms with E-state index < -0.39 is 12.1 Å². The molecule has 0 saturated heterocycles. The quantitative estimate of drug-likeness (QED) is 0.809. The van der Waals surface area contributed by atoms with Gasteiger partial charge in [0.05, 0.1) is 13.2 Å². The van der Waals surface area contributed by atoms with E-state index in [1.54, 1.807) is 6.07 Å². The first-order valence-electron chi connectivity index (χ1n) is 5.68. The number of carboxylic acids is 1. The summed E-state index contributed by atoms with van der Waals surface area (Å²) in [7, 11) is 1.46. The molecule has 0 aliphatic carbocycles. The Morgan fingerprint density at radius 3 is 2.56 bits per heavy atom. The fourth-order valence-electron chi connectivity index (χ4n) is 1.30. The molecule has 0 aliphatic rings. The van der Waals surface area contributed by atoms with Crippen molar-refractivity contribution in [2.45, 2.75) is 20.0 Å². The SMILES string of the molecule is COc1ccc(OCC(O)C(C)C)c(C(=O)O)c1. The molecule has 1 aromatic rings. The van der Waals surface area contributed by atoms with Crippen LogP contribution in [0.5, 0.6) is 11.5 Å². The minimum atomic E-state index is -1.09. The zero-order chi connectivity index (χ0) is 13.7. The van der Waals surface area contributed by atoms with Gasteiger partial charge in [-0.3, -0.25) is 0 Å². The van der Waals surface area contributed by atoms with E-state index in [-0.39, 0.29) is 23.8 Å². The Kier molecular flexibility index (Phi) is 4.97. The van der Waals surface area contributed by atoms with Crippen LogP contribution in [0.3, 0.4) is 0 Å². The van der Waals surface area contributed by atoms with E-state index in [2.05, 4.69) is 0 Å². The first kappa shape index (κ1) is 14.3. The maximum atomic E-state index is 11.1. The molecular formula is C13H18O5. The molecule has 1 atom stereocenters. The van der Waals surface area contributed by atoms with Gasteiger partial charge >= 0.3 is 5.97 Å². The van der Waals surface area contributed by atoms with Crippen molar-refractivity contribution in [1.29, 1.82) is 0 Å². The van der Waals surface area contributed by atoms with Crippen molar-refractivity contribution >= 4 is 5.97 Å². The van der Waals surface area contributed by atoms with Crippen LogP contribution in [0, 0.1) is 5.92 Å². The normalized spacial score (nSPS) is 12.3. The predicted octanol–water partition coefficient (Wildman–Crippen LogP) is 1.79. The maximum Gasteiger partial charge on any atom is 0.339 e. The molecule has 100 valence electrons. The van der Waals surface area contributed by atoms with Crippen LogP contribution < -0.4 is 9.47 Å². The number of benzene rings is 1. The van der Waals surface area contributed by atoms with Gasteiger partial charge in [-0.05, 0) is 24.1 Å². The first-order chi connectivity index (χ1) is 8.45. The van der Waals surface area contributed by atoms with Crippen LogP contribution in [0.1, 0.15) is 24.2 Å². The summed E-state index contributed by atoms with van der Waals surface area (Å²) in [5.41, 5.74) is 0.0188. The second-order valence-electron chi connectivity index (χ2n) is 4.29. The molecule has 5 heteroatoms. The molecule has 18 heavy (non-hydrogen) atoms. The van der Waals surface area contributed by atoms with Gasteiger partial charge < -0.3 is 19.7 Å². The number of aromatic carboxylic acids is 1. The van der Waals surface area contributed by atoms with Crippen molar-refractivity contribution < 1.29 is 24.5 Å². The third-order valence-corrected chi connectivity index (χ3v) is 2.60. The Balaban J connectivity index is 2.85. The highest BCUT2D eigenvalue weighted by Crippen LogP contribution is 2.24. The van der Waals surface area contributed by atoms with Gasteiger partial charge in [0, 0.05) is 0 Å². The van der Waals surface area contributed by atoms with Crippen molar-refractivity contribution in [1.82, 2.24) is 0 Å². The zero-order valence-electron chi connectivity index (χ0n) is 10.7. The van der Waals surface area contributed by atoms with Gasteiger partial charge in [0.15, 0.2) is 0 Å². The Labute approximate surface area is 106 Å². The summed E-state index contributed by atoms with van der Waals surface area (Å²) in [6.45, 7) is 3.78. The summed E-state index contributed by atoms with van der Waals surface area (Å²) >= 11 is 0. The van der Waals surface area contributed by atoms with Gasteiger partial charge in [-0.2, -0.15) is 0 Å². The summed E-state index contributed by atoms with van der Waals surface area (Å²) in [4.78, 5) is 11.1. The highest BCUT2D eigenvalue weighted by atomic mass is 16.5. The predicted molar refractivity (Wildman–Crippen MR) is 66.3 cm³/mol. The number of hydrogen-bond donors (Lipinski definition) is 2. The fourth-order valence-corrected chi connectivity index (χ4v) is 1.30. The summed E-state index contributed by atoms with van der Waals surface area (Å²) in [6.07, 6.45) is -0.631. The largest absolute Gasteiger partial charge is 0.497 e. The van der Waals surface area contributed by atoms with E-state index in [0.717, 1.165) is 0 Å². The molecule has 0 saturated carbocycles. The van der Waals surface area contributed by atoms with Gasteiger partial charge in [-0.25, -0.2) is 4.79 Å². The van der Waals surface area contributed by atoms with E-state index in [9.17, 15) is 9.90 Å². The molecule has 1 unspecified atom stereocenters. The zero-order valence-corrected chi connectivity index (χ0v) is 10.7. The molecule has 0 radical (unpaired) electrons.